The van der Waals surface area contributed by atoms with Gasteiger partial charge in [-0.2, -0.15) is 0 Å². The van der Waals surface area contributed by atoms with Gasteiger partial charge in [0.1, 0.15) is 0 Å². The summed E-state index contributed by atoms with van der Waals surface area (Å²) in [7, 11) is 2.18. The van der Waals surface area contributed by atoms with Crippen LogP contribution < -0.4 is 5.73 Å². The van der Waals surface area contributed by atoms with Crippen molar-refractivity contribution in [3.8, 4) is 0 Å². The number of halogens is 2. The van der Waals surface area contributed by atoms with Gasteiger partial charge >= 0.3 is 0 Å². The highest BCUT2D eigenvalue weighted by atomic mass is 127. The molecule has 0 saturated heterocycles. The van der Waals surface area contributed by atoms with Crippen LogP contribution in [-0.2, 0) is 6.42 Å². The molecule has 0 bridgehead atoms. The van der Waals surface area contributed by atoms with E-state index in [1.807, 2.05) is 6.07 Å². The lowest BCUT2D eigenvalue weighted by Gasteiger charge is -2.23. The third-order valence-corrected chi connectivity index (χ3v) is 5.48. The van der Waals surface area contributed by atoms with Gasteiger partial charge in [0.2, 0.25) is 0 Å². The van der Waals surface area contributed by atoms with Crippen molar-refractivity contribution < 1.29 is 0 Å². The highest BCUT2D eigenvalue weighted by molar-refractivity contribution is 14.1. The molecule has 110 valence electrons. The molecule has 0 fully saturated rings. The summed E-state index contributed by atoms with van der Waals surface area (Å²) in [6.45, 7) is 2.06. The maximum absolute atomic E-state index is 6.22. The molecule has 0 unspecified atom stereocenters. The zero-order valence-corrected chi connectivity index (χ0v) is 14.9. The van der Waals surface area contributed by atoms with E-state index in [0.717, 1.165) is 19.5 Å². The molecule has 2 N–H and O–H groups in total. The first-order valence-electron chi connectivity index (χ1n) is 7.07. The number of anilines is 1. The Hall–Kier alpha value is -0.780. The minimum absolute atomic E-state index is 0.347. The van der Waals surface area contributed by atoms with E-state index in [4.69, 9.17) is 17.3 Å². The summed E-state index contributed by atoms with van der Waals surface area (Å²) < 4.78 is 1.30. The van der Waals surface area contributed by atoms with Gasteiger partial charge in [-0.3, -0.25) is 0 Å². The Labute approximate surface area is 144 Å². The van der Waals surface area contributed by atoms with Crippen LogP contribution in [0.25, 0.3) is 0 Å². The van der Waals surface area contributed by atoms with Crippen LogP contribution in [0.4, 0.5) is 5.69 Å². The largest absolute Gasteiger partial charge is 0.398 e. The van der Waals surface area contributed by atoms with Crippen molar-refractivity contribution in [3.63, 3.8) is 0 Å². The first-order chi connectivity index (χ1) is 10.1. The maximum Gasteiger partial charge on any atom is 0.0638 e. The first-order valence-corrected chi connectivity index (χ1v) is 8.52. The second-order valence-electron chi connectivity index (χ2n) is 5.66. The molecule has 0 amide bonds. The minimum atomic E-state index is 0.347. The molecule has 0 spiro atoms. The van der Waals surface area contributed by atoms with Gasteiger partial charge in [0.15, 0.2) is 0 Å². The minimum Gasteiger partial charge on any atom is -0.398 e. The van der Waals surface area contributed by atoms with Crippen molar-refractivity contribution in [2.45, 2.75) is 12.3 Å². The molecule has 3 rings (SSSR count). The van der Waals surface area contributed by atoms with Crippen LogP contribution in [0.2, 0.25) is 5.02 Å². The highest BCUT2D eigenvalue weighted by Crippen LogP contribution is 2.36. The number of nitrogens with two attached hydrogens (primary N) is 1. The quantitative estimate of drug-likeness (QED) is 0.563. The normalized spacial score (nSPS) is 19.1. The number of rotatable bonds is 1. The van der Waals surface area contributed by atoms with Gasteiger partial charge in [0, 0.05) is 22.6 Å². The number of hydrogen-bond donors (Lipinski definition) is 1. The second-order valence-corrected chi connectivity index (χ2v) is 7.23. The average Bonchev–Trinajstić information content (AvgIpc) is 2.61. The van der Waals surface area contributed by atoms with Gasteiger partial charge in [0.25, 0.3) is 0 Å². The van der Waals surface area contributed by atoms with Gasteiger partial charge < -0.3 is 10.6 Å². The number of benzene rings is 2. The van der Waals surface area contributed by atoms with E-state index >= 15 is 0 Å². The molecule has 1 aliphatic heterocycles. The summed E-state index contributed by atoms with van der Waals surface area (Å²) in [5.74, 6) is 0.347. The SMILES string of the molecule is CN1CCc2cc(Cl)c(N)cc2[C@H](c2ccccc2I)C1. The molecule has 0 radical (unpaired) electrons. The maximum atomic E-state index is 6.22. The van der Waals surface area contributed by atoms with E-state index in [9.17, 15) is 0 Å². The summed E-state index contributed by atoms with van der Waals surface area (Å²) >= 11 is 8.64. The van der Waals surface area contributed by atoms with Gasteiger partial charge in [-0.25, -0.2) is 0 Å². The van der Waals surface area contributed by atoms with Crippen molar-refractivity contribution in [2.24, 2.45) is 0 Å². The molecule has 1 aliphatic rings. The molecule has 0 saturated carbocycles. The summed E-state index contributed by atoms with van der Waals surface area (Å²) in [5, 5.41) is 0.666. The Morgan fingerprint density at radius 1 is 1.24 bits per heavy atom. The Bertz CT molecular complexity index is 672. The first kappa shape index (κ1) is 15.1. The topological polar surface area (TPSA) is 29.3 Å². The van der Waals surface area contributed by atoms with E-state index in [1.165, 1.54) is 20.3 Å². The number of fused-ring (bicyclic) bond motifs is 1. The summed E-state index contributed by atoms with van der Waals surface area (Å²) in [4.78, 5) is 2.39. The van der Waals surface area contributed by atoms with Crippen LogP contribution in [0.15, 0.2) is 36.4 Å². The van der Waals surface area contributed by atoms with E-state index in [-0.39, 0.29) is 0 Å². The summed E-state index contributed by atoms with van der Waals surface area (Å²) in [6.07, 6.45) is 1.02. The second kappa shape index (κ2) is 6.15. The molecule has 21 heavy (non-hydrogen) atoms. The standard InChI is InChI=1S/C17H18ClIN2/c1-21-7-6-11-8-15(18)17(20)9-13(11)14(10-21)12-4-2-3-5-16(12)19/h2-5,8-9,14H,6-7,10,20H2,1H3/t14-/m0/s1. The lowest BCUT2D eigenvalue weighted by atomic mass is 9.87. The van der Waals surface area contributed by atoms with Gasteiger partial charge in [-0.15, -0.1) is 0 Å². The smallest absolute Gasteiger partial charge is 0.0638 e. The van der Waals surface area contributed by atoms with Crippen LogP contribution in [0.3, 0.4) is 0 Å². The van der Waals surface area contributed by atoms with Crippen molar-refractivity contribution >= 4 is 39.9 Å². The molecular formula is C17H18ClIN2. The Balaban J connectivity index is 2.16. The third kappa shape index (κ3) is 3.05. The van der Waals surface area contributed by atoms with Crippen molar-refractivity contribution in [1.29, 1.82) is 0 Å². The Morgan fingerprint density at radius 2 is 2.00 bits per heavy atom. The number of likely N-dealkylation sites (N-methyl/N-ethyl adjacent to an activating group) is 1. The predicted octanol–water partition coefficient (Wildman–Crippen LogP) is 4.15. The summed E-state index contributed by atoms with van der Waals surface area (Å²) in [5.41, 5.74) is 10.8. The highest BCUT2D eigenvalue weighted by Gasteiger charge is 2.25. The average molecular weight is 413 g/mol. The fourth-order valence-corrected chi connectivity index (χ4v) is 3.98. The molecule has 0 aromatic heterocycles. The zero-order valence-electron chi connectivity index (χ0n) is 11.9. The molecule has 1 heterocycles. The predicted molar refractivity (Wildman–Crippen MR) is 98.1 cm³/mol. The molecule has 2 nitrogen and oxygen atoms in total. The lowest BCUT2D eigenvalue weighted by molar-refractivity contribution is 0.337. The molecular weight excluding hydrogens is 395 g/mol. The molecule has 2 aromatic carbocycles. The molecule has 4 heteroatoms. The molecule has 0 aliphatic carbocycles. The van der Waals surface area contributed by atoms with E-state index in [2.05, 4.69) is 64.9 Å². The van der Waals surface area contributed by atoms with Crippen molar-refractivity contribution in [3.05, 3.63) is 61.7 Å². The van der Waals surface area contributed by atoms with Crippen LogP contribution in [-0.4, -0.2) is 25.0 Å². The summed E-state index contributed by atoms with van der Waals surface area (Å²) in [6, 6.07) is 12.7. The van der Waals surface area contributed by atoms with Gasteiger partial charge in [0.05, 0.1) is 10.7 Å². The van der Waals surface area contributed by atoms with Crippen molar-refractivity contribution in [1.82, 2.24) is 4.90 Å². The van der Waals surface area contributed by atoms with Gasteiger partial charge in [-0.05, 0) is 70.9 Å². The molecule has 1 atom stereocenters. The number of hydrogen-bond acceptors (Lipinski definition) is 2. The van der Waals surface area contributed by atoms with Crippen molar-refractivity contribution in [2.75, 3.05) is 25.9 Å². The lowest BCUT2D eigenvalue weighted by Crippen LogP contribution is -2.24. The van der Waals surface area contributed by atoms with Crippen LogP contribution in [0.1, 0.15) is 22.6 Å². The number of nitrogen functional groups attached to an aromatic ring is 1. The monoisotopic (exact) mass is 412 g/mol. The van der Waals surface area contributed by atoms with Crippen LogP contribution in [0, 0.1) is 3.57 Å². The number of nitrogens with zero attached hydrogens (tertiary/aromatic N) is 1. The van der Waals surface area contributed by atoms with E-state index in [1.54, 1.807) is 0 Å². The fourth-order valence-electron chi connectivity index (χ4n) is 3.03. The van der Waals surface area contributed by atoms with E-state index in [0.29, 0.717) is 16.6 Å². The Morgan fingerprint density at radius 3 is 2.76 bits per heavy atom. The zero-order chi connectivity index (χ0) is 15.0. The van der Waals surface area contributed by atoms with E-state index < -0.39 is 0 Å². The third-order valence-electron chi connectivity index (χ3n) is 4.17. The van der Waals surface area contributed by atoms with Crippen LogP contribution >= 0.6 is 34.2 Å². The molecule has 2 aromatic rings. The Kier molecular flexibility index (Phi) is 4.43. The van der Waals surface area contributed by atoms with Crippen LogP contribution in [0.5, 0.6) is 0 Å². The fraction of sp³-hybridized carbons (Fsp3) is 0.294. The van der Waals surface area contributed by atoms with Gasteiger partial charge in [-0.1, -0.05) is 29.8 Å².